The molecule has 0 aliphatic rings. The second-order valence-corrected chi connectivity index (χ2v) is 4.77. The van der Waals surface area contributed by atoms with Crippen LogP contribution in [0.3, 0.4) is 0 Å². The molecule has 0 aliphatic heterocycles. The summed E-state index contributed by atoms with van der Waals surface area (Å²) in [4.78, 5) is 2.19. The lowest BCUT2D eigenvalue weighted by Crippen LogP contribution is -2.15. The monoisotopic (exact) mass is 220 g/mol. The normalized spacial score (nSPS) is 12.8. The van der Waals surface area contributed by atoms with Crippen LogP contribution in [0.15, 0.2) is 24.3 Å². The number of benzene rings is 1. The zero-order valence-electron chi connectivity index (χ0n) is 11.0. The van der Waals surface area contributed by atoms with E-state index in [1.807, 2.05) is 0 Å². The minimum absolute atomic E-state index is 0.555. The molecule has 0 amide bonds. The van der Waals surface area contributed by atoms with Gasteiger partial charge in [-0.25, -0.2) is 0 Å². The molecule has 0 bridgehead atoms. The predicted octanol–water partition coefficient (Wildman–Crippen LogP) is 3.35. The molecule has 1 N–H and O–H groups in total. The molecule has 0 aliphatic carbocycles. The van der Waals surface area contributed by atoms with E-state index in [1.54, 1.807) is 0 Å². The van der Waals surface area contributed by atoms with Crippen LogP contribution >= 0.6 is 0 Å². The lowest BCUT2D eigenvalue weighted by molar-refractivity contribution is 0.402. The molecular weight excluding hydrogens is 196 g/mol. The summed E-state index contributed by atoms with van der Waals surface area (Å²) in [6.07, 6.45) is 2.45. The summed E-state index contributed by atoms with van der Waals surface area (Å²) in [6.45, 7) is 5.46. The van der Waals surface area contributed by atoms with Crippen LogP contribution in [0.5, 0.6) is 0 Å². The topological polar surface area (TPSA) is 15.3 Å². The van der Waals surface area contributed by atoms with Crippen LogP contribution in [0.1, 0.15) is 32.3 Å². The van der Waals surface area contributed by atoms with Crippen molar-refractivity contribution >= 4 is 5.69 Å². The zero-order valence-corrected chi connectivity index (χ0v) is 11.0. The molecule has 0 saturated heterocycles. The molecule has 0 fully saturated rings. The largest absolute Gasteiger partial charge is 0.383 e. The van der Waals surface area contributed by atoms with Crippen LogP contribution in [0, 0.1) is 0 Å². The molecule has 0 aromatic heterocycles. The van der Waals surface area contributed by atoms with Crippen LogP contribution in [0.2, 0.25) is 0 Å². The highest BCUT2D eigenvalue weighted by molar-refractivity contribution is 5.46. The third kappa shape index (κ3) is 4.67. The number of nitrogens with zero attached hydrogens (tertiary/aromatic N) is 1. The van der Waals surface area contributed by atoms with Crippen molar-refractivity contribution in [3.8, 4) is 0 Å². The molecule has 90 valence electrons. The van der Waals surface area contributed by atoms with Crippen molar-refractivity contribution in [2.45, 2.75) is 39.3 Å². The second kappa shape index (κ2) is 6.54. The fourth-order valence-corrected chi connectivity index (χ4v) is 1.91. The summed E-state index contributed by atoms with van der Waals surface area (Å²) in [6, 6.07) is 9.24. The van der Waals surface area contributed by atoms with Gasteiger partial charge in [0.15, 0.2) is 0 Å². The lowest BCUT2D eigenvalue weighted by atomic mass is 10.1. The minimum atomic E-state index is 0.555. The van der Waals surface area contributed by atoms with E-state index in [-0.39, 0.29) is 0 Å². The Hall–Kier alpha value is -1.02. The average molecular weight is 220 g/mol. The Kier molecular flexibility index (Phi) is 5.33. The Bertz CT molecular complexity index is 307. The number of rotatable bonds is 6. The maximum Gasteiger partial charge on any atom is 0.0345 e. The zero-order chi connectivity index (χ0) is 12.0. The van der Waals surface area contributed by atoms with Gasteiger partial charge in [-0.3, -0.25) is 0 Å². The van der Waals surface area contributed by atoms with Crippen molar-refractivity contribution in [2.24, 2.45) is 0 Å². The highest BCUT2D eigenvalue weighted by Gasteiger charge is 2.01. The van der Waals surface area contributed by atoms with Crippen molar-refractivity contribution in [1.82, 2.24) is 4.90 Å². The van der Waals surface area contributed by atoms with Crippen molar-refractivity contribution < 1.29 is 0 Å². The standard InChI is InChI=1S/C14H24N2/c1-5-7-12(2)15-14-9-6-8-13(10-14)11-16(3)4/h6,8-10,12,15H,5,7,11H2,1-4H3. The Balaban J connectivity index is 2.59. The highest BCUT2D eigenvalue weighted by atomic mass is 15.0. The van der Waals surface area contributed by atoms with Gasteiger partial charge >= 0.3 is 0 Å². The van der Waals surface area contributed by atoms with E-state index in [0.717, 1.165) is 6.54 Å². The van der Waals surface area contributed by atoms with E-state index in [4.69, 9.17) is 0 Å². The van der Waals surface area contributed by atoms with Crippen LogP contribution < -0.4 is 5.32 Å². The minimum Gasteiger partial charge on any atom is -0.383 e. The second-order valence-electron chi connectivity index (χ2n) is 4.77. The van der Waals surface area contributed by atoms with Crippen LogP contribution in [-0.4, -0.2) is 25.0 Å². The van der Waals surface area contributed by atoms with Gasteiger partial charge in [-0.1, -0.05) is 25.5 Å². The van der Waals surface area contributed by atoms with Crippen molar-refractivity contribution in [2.75, 3.05) is 19.4 Å². The van der Waals surface area contributed by atoms with Crippen LogP contribution in [-0.2, 0) is 6.54 Å². The Morgan fingerprint density at radius 3 is 2.69 bits per heavy atom. The summed E-state index contributed by atoms with van der Waals surface area (Å²) in [5.41, 5.74) is 2.60. The summed E-state index contributed by atoms with van der Waals surface area (Å²) >= 11 is 0. The smallest absolute Gasteiger partial charge is 0.0345 e. The number of anilines is 1. The first-order valence-corrected chi connectivity index (χ1v) is 6.12. The molecule has 0 radical (unpaired) electrons. The molecule has 1 aromatic rings. The maximum atomic E-state index is 3.54. The molecule has 0 spiro atoms. The van der Waals surface area contributed by atoms with Gasteiger partial charge in [0.2, 0.25) is 0 Å². The van der Waals surface area contributed by atoms with Crippen LogP contribution in [0.4, 0.5) is 5.69 Å². The third-order valence-electron chi connectivity index (χ3n) is 2.56. The fraction of sp³-hybridized carbons (Fsp3) is 0.571. The molecule has 1 unspecified atom stereocenters. The first kappa shape index (κ1) is 13.0. The number of hydrogen-bond acceptors (Lipinski definition) is 2. The molecule has 1 atom stereocenters. The Labute approximate surface area is 99.7 Å². The van der Waals surface area contributed by atoms with E-state index in [2.05, 4.69) is 62.4 Å². The summed E-state index contributed by atoms with van der Waals surface area (Å²) in [5, 5.41) is 3.54. The summed E-state index contributed by atoms with van der Waals surface area (Å²) in [5.74, 6) is 0. The van der Waals surface area contributed by atoms with Gasteiger partial charge in [-0.2, -0.15) is 0 Å². The molecule has 1 rings (SSSR count). The molecule has 0 saturated carbocycles. The van der Waals surface area contributed by atoms with Gasteiger partial charge in [0.1, 0.15) is 0 Å². The Morgan fingerprint density at radius 1 is 1.31 bits per heavy atom. The summed E-state index contributed by atoms with van der Waals surface area (Å²) in [7, 11) is 4.19. The lowest BCUT2D eigenvalue weighted by Gasteiger charge is -2.16. The molecular formula is C14H24N2. The third-order valence-corrected chi connectivity index (χ3v) is 2.56. The molecule has 2 nitrogen and oxygen atoms in total. The van der Waals surface area contributed by atoms with E-state index < -0.39 is 0 Å². The Morgan fingerprint density at radius 2 is 2.06 bits per heavy atom. The molecule has 16 heavy (non-hydrogen) atoms. The van der Waals surface area contributed by atoms with Gasteiger partial charge in [-0.05, 0) is 45.1 Å². The van der Waals surface area contributed by atoms with Crippen molar-refractivity contribution in [3.05, 3.63) is 29.8 Å². The van der Waals surface area contributed by atoms with Gasteiger partial charge in [0, 0.05) is 18.3 Å². The van der Waals surface area contributed by atoms with Gasteiger partial charge < -0.3 is 10.2 Å². The molecule has 0 heterocycles. The average Bonchev–Trinajstić information content (AvgIpc) is 2.17. The quantitative estimate of drug-likeness (QED) is 0.791. The van der Waals surface area contributed by atoms with Crippen LogP contribution in [0.25, 0.3) is 0 Å². The predicted molar refractivity (Wildman–Crippen MR) is 71.8 cm³/mol. The summed E-state index contributed by atoms with van der Waals surface area (Å²) < 4.78 is 0. The van der Waals surface area contributed by atoms with E-state index in [0.29, 0.717) is 6.04 Å². The molecule has 2 heteroatoms. The van der Waals surface area contributed by atoms with Gasteiger partial charge in [0.25, 0.3) is 0 Å². The van der Waals surface area contributed by atoms with Gasteiger partial charge in [-0.15, -0.1) is 0 Å². The fourth-order valence-electron chi connectivity index (χ4n) is 1.91. The van der Waals surface area contributed by atoms with Gasteiger partial charge in [0.05, 0.1) is 0 Å². The van der Waals surface area contributed by atoms with E-state index >= 15 is 0 Å². The maximum absolute atomic E-state index is 3.54. The highest BCUT2D eigenvalue weighted by Crippen LogP contribution is 2.14. The number of hydrogen-bond donors (Lipinski definition) is 1. The van der Waals surface area contributed by atoms with Crippen molar-refractivity contribution in [3.63, 3.8) is 0 Å². The van der Waals surface area contributed by atoms with E-state index in [9.17, 15) is 0 Å². The molecule has 1 aromatic carbocycles. The number of nitrogens with one attached hydrogen (secondary N) is 1. The van der Waals surface area contributed by atoms with E-state index in [1.165, 1.54) is 24.1 Å². The first-order chi connectivity index (χ1) is 7.61. The first-order valence-electron chi connectivity index (χ1n) is 6.12. The SMILES string of the molecule is CCCC(C)Nc1cccc(CN(C)C)c1. The van der Waals surface area contributed by atoms with Crippen molar-refractivity contribution in [1.29, 1.82) is 0 Å².